The second kappa shape index (κ2) is 4.82. The Morgan fingerprint density at radius 1 is 0.619 bits per heavy atom. The molecule has 0 fully saturated rings. The third kappa shape index (κ3) is 2.27. The van der Waals surface area contributed by atoms with E-state index in [1.807, 2.05) is 0 Å². The van der Waals surface area contributed by atoms with Gasteiger partial charge in [0.1, 0.15) is 0 Å². The molecule has 0 spiro atoms. The van der Waals surface area contributed by atoms with Crippen molar-refractivity contribution in [2.24, 2.45) is 0 Å². The van der Waals surface area contributed by atoms with Gasteiger partial charge in [0.05, 0.1) is 7.59 Å². The topological polar surface area (TPSA) is 0 Å². The van der Waals surface area contributed by atoms with Gasteiger partial charge in [-0.05, 0) is 21.5 Å². The summed E-state index contributed by atoms with van der Waals surface area (Å²) in [5.41, 5.74) is 0. The van der Waals surface area contributed by atoms with Crippen molar-refractivity contribution in [1.82, 2.24) is 0 Å². The zero-order chi connectivity index (χ0) is 15.3. The van der Waals surface area contributed by atoms with Gasteiger partial charge in [0, 0.05) is 7.59 Å². The molecule has 0 radical (unpaired) electrons. The molecule has 3 rings (SSSR count). The largest absolute Gasteiger partial charge is 0.0744 e. The Kier molecular flexibility index (Phi) is 3.34. The van der Waals surface area contributed by atoms with Gasteiger partial charge in [-0.25, -0.2) is 0 Å². The van der Waals surface area contributed by atoms with Crippen molar-refractivity contribution in [3.05, 3.63) is 54.6 Å². The fourth-order valence-electron chi connectivity index (χ4n) is 2.98. The summed E-state index contributed by atoms with van der Waals surface area (Å²) in [5.74, 6) is 0. The van der Waals surface area contributed by atoms with E-state index in [0.717, 1.165) is 0 Å². The first-order chi connectivity index (χ1) is 9.82. The van der Waals surface area contributed by atoms with Gasteiger partial charge in [0.2, 0.25) is 0 Å². The van der Waals surface area contributed by atoms with Gasteiger partial charge in [-0.15, -0.1) is 0 Å². The SMILES string of the molecule is C[Si](C)(C)[Si](C)(C)c1cc2ccccc2c2ccccc12. The summed E-state index contributed by atoms with van der Waals surface area (Å²) >= 11 is 0. The van der Waals surface area contributed by atoms with Crippen LogP contribution in [0.25, 0.3) is 21.5 Å². The normalized spacial score (nSPS) is 13.0. The summed E-state index contributed by atoms with van der Waals surface area (Å²) in [6, 6.07) is 20.3. The fourth-order valence-corrected chi connectivity index (χ4v) is 8.24. The van der Waals surface area contributed by atoms with Crippen LogP contribution in [-0.2, 0) is 0 Å². The molecule has 0 bridgehead atoms. The summed E-state index contributed by atoms with van der Waals surface area (Å²) in [4.78, 5) is 0. The van der Waals surface area contributed by atoms with Crippen LogP contribution in [-0.4, -0.2) is 15.2 Å². The molecular weight excluding hydrogens is 284 g/mol. The van der Waals surface area contributed by atoms with Crippen LogP contribution in [0.5, 0.6) is 0 Å². The summed E-state index contributed by atoms with van der Waals surface area (Å²) in [6.07, 6.45) is 0. The molecule has 0 unspecified atom stereocenters. The fraction of sp³-hybridized carbons (Fsp3) is 0.263. The zero-order valence-corrected chi connectivity index (χ0v) is 15.7. The van der Waals surface area contributed by atoms with E-state index >= 15 is 0 Å². The van der Waals surface area contributed by atoms with Gasteiger partial charge in [-0.1, -0.05) is 92.5 Å². The summed E-state index contributed by atoms with van der Waals surface area (Å²) < 4.78 is 0. The molecule has 0 amide bonds. The van der Waals surface area contributed by atoms with E-state index in [1.54, 1.807) is 5.19 Å². The highest BCUT2D eigenvalue weighted by molar-refractivity contribution is 7.45. The molecule has 0 saturated carbocycles. The Morgan fingerprint density at radius 3 is 1.76 bits per heavy atom. The number of fused-ring (bicyclic) bond motifs is 3. The zero-order valence-electron chi connectivity index (χ0n) is 13.7. The Bertz CT molecular complexity index is 811. The molecule has 0 aliphatic rings. The molecule has 0 nitrogen and oxygen atoms in total. The van der Waals surface area contributed by atoms with Crippen LogP contribution in [0, 0.1) is 0 Å². The average molecular weight is 309 g/mol. The molecule has 0 saturated heterocycles. The van der Waals surface area contributed by atoms with Crippen molar-refractivity contribution < 1.29 is 0 Å². The van der Waals surface area contributed by atoms with Crippen molar-refractivity contribution in [3.63, 3.8) is 0 Å². The maximum absolute atomic E-state index is 2.57. The van der Waals surface area contributed by atoms with Gasteiger partial charge < -0.3 is 0 Å². The van der Waals surface area contributed by atoms with Gasteiger partial charge in [0.15, 0.2) is 0 Å². The van der Waals surface area contributed by atoms with Gasteiger partial charge in [-0.2, -0.15) is 0 Å². The van der Waals surface area contributed by atoms with Crippen molar-refractivity contribution in [3.8, 4) is 0 Å². The first-order valence-corrected chi connectivity index (χ1v) is 15.2. The predicted octanol–water partition coefficient (Wildman–Crippen LogP) is 5.33. The van der Waals surface area contributed by atoms with Gasteiger partial charge in [0.25, 0.3) is 0 Å². The highest BCUT2D eigenvalue weighted by Crippen LogP contribution is 2.28. The van der Waals surface area contributed by atoms with Crippen molar-refractivity contribution in [2.75, 3.05) is 0 Å². The molecule has 108 valence electrons. The molecule has 0 N–H and O–H groups in total. The van der Waals surface area contributed by atoms with Crippen LogP contribution < -0.4 is 5.19 Å². The number of rotatable bonds is 2. The van der Waals surface area contributed by atoms with E-state index in [9.17, 15) is 0 Å². The second-order valence-corrected chi connectivity index (χ2v) is 24.1. The minimum Gasteiger partial charge on any atom is -0.0712 e. The third-order valence-electron chi connectivity index (χ3n) is 5.32. The average Bonchev–Trinajstić information content (AvgIpc) is 2.45. The number of benzene rings is 3. The lowest BCUT2D eigenvalue weighted by Crippen LogP contribution is -2.61. The molecule has 3 aromatic carbocycles. The van der Waals surface area contributed by atoms with Crippen LogP contribution in [0.2, 0.25) is 32.7 Å². The molecule has 0 aromatic heterocycles. The Labute approximate surface area is 129 Å². The summed E-state index contributed by atoms with van der Waals surface area (Å²) in [7, 11) is -2.62. The molecule has 0 aliphatic carbocycles. The maximum atomic E-state index is 2.57. The van der Waals surface area contributed by atoms with E-state index in [-0.39, 0.29) is 0 Å². The minimum atomic E-state index is -1.42. The van der Waals surface area contributed by atoms with Crippen molar-refractivity contribution >= 4 is 41.9 Å². The molecule has 2 heteroatoms. The van der Waals surface area contributed by atoms with Crippen molar-refractivity contribution in [2.45, 2.75) is 32.7 Å². The summed E-state index contributed by atoms with van der Waals surface area (Å²) in [5, 5.41) is 7.33. The lowest BCUT2D eigenvalue weighted by Gasteiger charge is -2.37. The first-order valence-electron chi connectivity index (χ1n) is 7.73. The molecule has 0 aliphatic heterocycles. The van der Waals surface area contributed by atoms with Crippen LogP contribution in [0.1, 0.15) is 0 Å². The van der Waals surface area contributed by atoms with E-state index in [1.165, 1.54) is 21.5 Å². The molecule has 21 heavy (non-hydrogen) atoms. The molecule has 0 atom stereocenters. The highest BCUT2D eigenvalue weighted by Gasteiger charge is 2.39. The third-order valence-corrected chi connectivity index (χ3v) is 22.9. The number of hydrogen-bond donors (Lipinski definition) is 0. The lowest BCUT2D eigenvalue weighted by molar-refractivity contribution is 1.72. The monoisotopic (exact) mass is 308 g/mol. The van der Waals surface area contributed by atoms with Crippen LogP contribution >= 0.6 is 0 Å². The first kappa shape index (κ1) is 14.5. The van der Waals surface area contributed by atoms with E-state index in [2.05, 4.69) is 87.3 Å². The Morgan fingerprint density at radius 2 is 1.14 bits per heavy atom. The van der Waals surface area contributed by atoms with Crippen LogP contribution in [0.15, 0.2) is 54.6 Å². The molecular formula is C19H24Si2. The van der Waals surface area contributed by atoms with Crippen LogP contribution in [0.3, 0.4) is 0 Å². The van der Waals surface area contributed by atoms with E-state index < -0.39 is 15.2 Å². The standard InChI is InChI=1S/C19H24Si2/c1-20(2,3)21(4,5)19-14-15-10-6-7-11-16(15)17-12-8-9-13-18(17)19/h6-14H,1-5H3. The second-order valence-electron chi connectivity index (χ2n) is 7.57. The Hall–Kier alpha value is -1.39. The van der Waals surface area contributed by atoms with Gasteiger partial charge in [-0.3, -0.25) is 0 Å². The highest BCUT2D eigenvalue weighted by atomic mass is 29.3. The van der Waals surface area contributed by atoms with Crippen molar-refractivity contribution in [1.29, 1.82) is 0 Å². The van der Waals surface area contributed by atoms with Crippen LogP contribution in [0.4, 0.5) is 0 Å². The summed E-state index contributed by atoms with van der Waals surface area (Å²) in [6.45, 7) is 12.7. The molecule has 3 aromatic rings. The minimum absolute atomic E-state index is 1.19. The quantitative estimate of drug-likeness (QED) is 0.444. The lowest BCUT2D eigenvalue weighted by atomic mass is 10.0. The maximum Gasteiger partial charge on any atom is 0.0744 e. The molecule has 0 heterocycles. The Balaban J connectivity index is 2.47. The van der Waals surface area contributed by atoms with Gasteiger partial charge >= 0.3 is 0 Å². The smallest absolute Gasteiger partial charge is 0.0712 e. The number of hydrogen-bond acceptors (Lipinski definition) is 0. The van der Waals surface area contributed by atoms with E-state index in [0.29, 0.717) is 0 Å². The predicted molar refractivity (Wildman–Crippen MR) is 102 cm³/mol. The van der Waals surface area contributed by atoms with E-state index in [4.69, 9.17) is 0 Å².